The van der Waals surface area contributed by atoms with Crippen molar-refractivity contribution >= 4 is 22.6 Å². The Balaban J connectivity index is 1.91. The molecule has 0 radical (unpaired) electrons. The number of fused-ring (bicyclic) bond motifs is 1. The summed E-state index contributed by atoms with van der Waals surface area (Å²) in [5.41, 5.74) is 0.919. The van der Waals surface area contributed by atoms with Crippen molar-refractivity contribution in [2.24, 2.45) is 0 Å². The number of rotatable bonds is 6. The average Bonchev–Trinajstić information content (AvgIpc) is 2.78. The molecule has 1 aromatic carbocycles. The van der Waals surface area contributed by atoms with E-state index in [2.05, 4.69) is 15.5 Å². The van der Waals surface area contributed by atoms with Crippen LogP contribution in [0.2, 0.25) is 0 Å². The highest BCUT2D eigenvalue weighted by molar-refractivity contribution is 5.99. The summed E-state index contributed by atoms with van der Waals surface area (Å²) in [5, 5.41) is 10.7. The zero-order valence-corrected chi connectivity index (χ0v) is 10.4. The highest BCUT2D eigenvalue weighted by atomic mass is 16.5. The highest BCUT2D eigenvalue weighted by Gasteiger charge is 2.08. The van der Waals surface area contributed by atoms with Gasteiger partial charge in [0.25, 0.3) is 0 Å². The second-order valence-corrected chi connectivity index (χ2v) is 3.97. The van der Waals surface area contributed by atoms with Gasteiger partial charge in [0.05, 0.1) is 5.52 Å². The summed E-state index contributed by atoms with van der Waals surface area (Å²) in [6.07, 6.45) is 1.17. The van der Waals surface area contributed by atoms with Crippen molar-refractivity contribution in [3.05, 3.63) is 24.3 Å². The van der Waals surface area contributed by atoms with E-state index >= 15 is 0 Å². The van der Waals surface area contributed by atoms with Crippen molar-refractivity contribution in [3.8, 4) is 0 Å². The minimum Gasteiger partial charge on any atom is -0.382 e. The van der Waals surface area contributed by atoms with E-state index in [1.165, 1.54) is 0 Å². The van der Waals surface area contributed by atoms with Crippen LogP contribution in [0.15, 0.2) is 24.3 Å². The Kier molecular flexibility index (Phi) is 4.30. The monoisotopic (exact) mass is 247 g/mol. The molecule has 0 aliphatic rings. The fraction of sp³-hybridized carbons (Fsp3) is 0.385. The van der Waals surface area contributed by atoms with Crippen LogP contribution in [-0.2, 0) is 9.53 Å². The molecule has 0 unspecified atom stereocenters. The maximum Gasteiger partial charge on any atom is 0.225 e. The Morgan fingerprint density at radius 3 is 3.11 bits per heavy atom. The molecule has 0 saturated heterocycles. The van der Waals surface area contributed by atoms with Crippen LogP contribution >= 0.6 is 0 Å². The van der Waals surface area contributed by atoms with Crippen molar-refractivity contribution < 1.29 is 9.53 Å². The van der Waals surface area contributed by atoms with Gasteiger partial charge in [0.15, 0.2) is 5.82 Å². The molecule has 0 aliphatic carbocycles. The zero-order valence-electron chi connectivity index (χ0n) is 10.4. The zero-order chi connectivity index (χ0) is 12.8. The number of carbonyl (C=O) groups excluding carboxylic acids is 1. The van der Waals surface area contributed by atoms with Crippen LogP contribution in [0.1, 0.15) is 19.8 Å². The van der Waals surface area contributed by atoms with Gasteiger partial charge in [-0.2, -0.15) is 5.10 Å². The molecule has 0 spiro atoms. The Hall–Kier alpha value is -1.88. The van der Waals surface area contributed by atoms with Crippen LogP contribution in [-0.4, -0.2) is 29.3 Å². The number of ether oxygens (including phenoxy) is 1. The maximum atomic E-state index is 11.7. The summed E-state index contributed by atoms with van der Waals surface area (Å²) >= 11 is 0. The molecule has 5 heteroatoms. The predicted molar refractivity (Wildman–Crippen MR) is 70.5 cm³/mol. The molecular formula is C13H17N3O2. The topological polar surface area (TPSA) is 67.0 Å². The van der Waals surface area contributed by atoms with E-state index in [4.69, 9.17) is 4.74 Å². The lowest BCUT2D eigenvalue weighted by Gasteiger charge is -2.02. The Bertz CT molecular complexity index is 522. The Morgan fingerprint density at radius 2 is 2.28 bits per heavy atom. The molecule has 0 fully saturated rings. The smallest absolute Gasteiger partial charge is 0.225 e. The van der Waals surface area contributed by atoms with E-state index in [0.29, 0.717) is 25.5 Å². The first kappa shape index (κ1) is 12.6. The number of H-pyrrole nitrogens is 1. The molecule has 2 rings (SSSR count). The highest BCUT2D eigenvalue weighted by Crippen LogP contribution is 2.19. The number of carbonyl (C=O) groups is 1. The first-order valence-corrected chi connectivity index (χ1v) is 6.12. The number of hydrogen-bond donors (Lipinski definition) is 2. The summed E-state index contributed by atoms with van der Waals surface area (Å²) in [4.78, 5) is 11.7. The van der Waals surface area contributed by atoms with Gasteiger partial charge in [-0.25, -0.2) is 0 Å². The SMILES string of the molecule is CCOCCCC(=O)Nc1n[nH]c2ccccc12. The predicted octanol–water partition coefficient (Wildman–Crippen LogP) is 2.32. The number of benzene rings is 1. The van der Waals surface area contributed by atoms with Crippen molar-refractivity contribution in [3.63, 3.8) is 0 Å². The van der Waals surface area contributed by atoms with Crippen molar-refractivity contribution in [2.45, 2.75) is 19.8 Å². The van der Waals surface area contributed by atoms with Gasteiger partial charge in [-0.3, -0.25) is 9.89 Å². The van der Waals surface area contributed by atoms with E-state index in [0.717, 1.165) is 17.3 Å². The number of anilines is 1. The Labute approximate surface area is 106 Å². The molecule has 0 bridgehead atoms. The molecule has 1 heterocycles. The van der Waals surface area contributed by atoms with E-state index in [1.807, 2.05) is 31.2 Å². The largest absolute Gasteiger partial charge is 0.382 e. The van der Waals surface area contributed by atoms with Gasteiger partial charge in [0, 0.05) is 25.0 Å². The molecule has 96 valence electrons. The van der Waals surface area contributed by atoms with Crippen molar-refractivity contribution in [2.75, 3.05) is 18.5 Å². The van der Waals surface area contributed by atoms with Crippen LogP contribution in [0, 0.1) is 0 Å². The van der Waals surface area contributed by atoms with Gasteiger partial charge in [0.2, 0.25) is 5.91 Å². The summed E-state index contributed by atoms with van der Waals surface area (Å²) in [6.45, 7) is 3.24. The van der Waals surface area contributed by atoms with E-state index in [1.54, 1.807) is 0 Å². The third-order valence-electron chi connectivity index (χ3n) is 2.62. The van der Waals surface area contributed by atoms with Crippen molar-refractivity contribution in [1.29, 1.82) is 0 Å². The lowest BCUT2D eigenvalue weighted by atomic mass is 10.2. The summed E-state index contributed by atoms with van der Waals surface area (Å²) in [7, 11) is 0. The lowest BCUT2D eigenvalue weighted by molar-refractivity contribution is -0.116. The van der Waals surface area contributed by atoms with Gasteiger partial charge in [0.1, 0.15) is 0 Å². The molecule has 0 aliphatic heterocycles. The number of aromatic amines is 1. The maximum absolute atomic E-state index is 11.7. The Morgan fingerprint density at radius 1 is 1.44 bits per heavy atom. The van der Waals surface area contributed by atoms with Crippen LogP contribution < -0.4 is 5.32 Å². The van der Waals surface area contributed by atoms with E-state index < -0.39 is 0 Å². The minimum atomic E-state index is -0.0352. The fourth-order valence-corrected chi connectivity index (χ4v) is 1.73. The van der Waals surface area contributed by atoms with Crippen molar-refractivity contribution in [1.82, 2.24) is 10.2 Å². The quantitative estimate of drug-likeness (QED) is 0.770. The molecule has 18 heavy (non-hydrogen) atoms. The fourth-order valence-electron chi connectivity index (χ4n) is 1.73. The second kappa shape index (κ2) is 6.16. The number of amides is 1. The van der Waals surface area contributed by atoms with Gasteiger partial charge < -0.3 is 10.1 Å². The van der Waals surface area contributed by atoms with Gasteiger partial charge in [-0.05, 0) is 25.5 Å². The second-order valence-electron chi connectivity index (χ2n) is 3.97. The molecule has 1 aromatic heterocycles. The standard InChI is InChI=1S/C13H17N3O2/c1-2-18-9-5-8-12(17)14-13-10-6-3-4-7-11(10)15-16-13/h3-4,6-7H,2,5,8-9H2,1H3,(H2,14,15,16,17). The van der Waals surface area contributed by atoms with Crippen LogP contribution in [0.4, 0.5) is 5.82 Å². The summed E-state index contributed by atoms with van der Waals surface area (Å²) in [6, 6.07) is 7.69. The summed E-state index contributed by atoms with van der Waals surface area (Å²) in [5.74, 6) is 0.555. The number of nitrogens with zero attached hydrogens (tertiary/aromatic N) is 1. The molecule has 1 amide bonds. The van der Waals surface area contributed by atoms with Gasteiger partial charge >= 0.3 is 0 Å². The van der Waals surface area contributed by atoms with Crippen LogP contribution in [0.5, 0.6) is 0 Å². The molecule has 0 atom stereocenters. The number of aromatic nitrogens is 2. The first-order chi connectivity index (χ1) is 8.81. The third-order valence-corrected chi connectivity index (χ3v) is 2.62. The van der Waals surface area contributed by atoms with Gasteiger partial charge in [-0.15, -0.1) is 0 Å². The first-order valence-electron chi connectivity index (χ1n) is 6.12. The molecule has 5 nitrogen and oxygen atoms in total. The average molecular weight is 247 g/mol. The molecular weight excluding hydrogens is 230 g/mol. The lowest BCUT2D eigenvalue weighted by Crippen LogP contribution is -2.12. The molecule has 2 N–H and O–H groups in total. The molecule has 0 saturated carbocycles. The summed E-state index contributed by atoms with van der Waals surface area (Å²) < 4.78 is 5.19. The number of para-hydroxylation sites is 1. The van der Waals surface area contributed by atoms with Gasteiger partial charge in [-0.1, -0.05) is 12.1 Å². The normalized spacial score (nSPS) is 10.7. The van der Waals surface area contributed by atoms with Crippen LogP contribution in [0.3, 0.4) is 0 Å². The number of hydrogen-bond acceptors (Lipinski definition) is 3. The third kappa shape index (κ3) is 3.07. The van der Waals surface area contributed by atoms with E-state index in [-0.39, 0.29) is 5.91 Å². The molecule has 2 aromatic rings. The van der Waals surface area contributed by atoms with E-state index in [9.17, 15) is 4.79 Å². The minimum absolute atomic E-state index is 0.0352. The van der Waals surface area contributed by atoms with Crippen LogP contribution in [0.25, 0.3) is 10.9 Å². The number of nitrogens with one attached hydrogen (secondary N) is 2.